The predicted octanol–water partition coefficient (Wildman–Crippen LogP) is 1.75. The Labute approximate surface area is 135 Å². The Hall–Kier alpha value is -3.42. The van der Waals surface area contributed by atoms with Crippen molar-refractivity contribution >= 4 is 11.9 Å². The molecule has 0 radical (unpaired) electrons. The van der Waals surface area contributed by atoms with E-state index >= 15 is 0 Å². The van der Waals surface area contributed by atoms with Gasteiger partial charge in [-0.25, -0.2) is 4.79 Å². The van der Waals surface area contributed by atoms with E-state index in [-0.39, 0.29) is 35.5 Å². The van der Waals surface area contributed by atoms with E-state index in [2.05, 4.69) is 0 Å². The summed E-state index contributed by atoms with van der Waals surface area (Å²) in [5, 5.41) is 46.7. The van der Waals surface area contributed by atoms with Crippen LogP contribution < -0.4 is 4.74 Å². The van der Waals surface area contributed by atoms with Gasteiger partial charge in [0.25, 0.3) is 0 Å². The zero-order chi connectivity index (χ0) is 17.9. The topological polar surface area (TPSA) is 145 Å². The third kappa shape index (κ3) is 3.86. The van der Waals surface area contributed by atoms with E-state index in [4.69, 9.17) is 9.84 Å². The van der Waals surface area contributed by atoms with E-state index in [9.17, 15) is 30.0 Å². The molecular formula is C16H14O8. The van der Waals surface area contributed by atoms with Gasteiger partial charge in [-0.2, -0.15) is 0 Å². The minimum atomic E-state index is -1.11. The van der Waals surface area contributed by atoms with Gasteiger partial charge < -0.3 is 30.3 Å². The first-order valence-electron chi connectivity index (χ1n) is 6.78. The summed E-state index contributed by atoms with van der Waals surface area (Å²) in [6, 6.07) is 5.35. The fourth-order valence-electron chi connectivity index (χ4n) is 2.00. The second-order valence-corrected chi connectivity index (χ2v) is 4.93. The second kappa shape index (κ2) is 6.78. The summed E-state index contributed by atoms with van der Waals surface area (Å²) in [5.74, 6) is -3.95. The molecule has 0 atom stereocenters. The van der Waals surface area contributed by atoms with E-state index < -0.39 is 29.2 Å². The van der Waals surface area contributed by atoms with E-state index in [1.54, 1.807) is 0 Å². The quantitative estimate of drug-likeness (QED) is 0.316. The third-order valence-corrected chi connectivity index (χ3v) is 3.17. The van der Waals surface area contributed by atoms with Crippen LogP contribution in [-0.4, -0.2) is 37.5 Å². The van der Waals surface area contributed by atoms with Crippen LogP contribution >= 0.6 is 0 Å². The molecule has 8 nitrogen and oxygen atoms in total. The number of esters is 1. The van der Waals surface area contributed by atoms with Gasteiger partial charge in [-0.3, -0.25) is 4.79 Å². The Morgan fingerprint density at radius 2 is 1.62 bits per heavy atom. The average Bonchev–Trinajstić information content (AvgIpc) is 2.48. The van der Waals surface area contributed by atoms with Gasteiger partial charge in [0, 0.05) is 24.1 Å². The van der Waals surface area contributed by atoms with Gasteiger partial charge in [-0.05, 0) is 24.6 Å². The molecular weight excluding hydrogens is 320 g/mol. The van der Waals surface area contributed by atoms with Crippen LogP contribution in [0.3, 0.4) is 0 Å². The summed E-state index contributed by atoms with van der Waals surface area (Å²) >= 11 is 0. The number of ether oxygens (including phenoxy) is 1. The number of carboxylic acids is 1. The van der Waals surface area contributed by atoms with Gasteiger partial charge >= 0.3 is 11.9 Å². The molecule has 2 aromatic rings. The van der Waals surface area contributed by atoms with Gasteiger partial charge in [-0.15, -0.1) is 0 Å². The third-order valence-electron chi connectivity index (χ3n) is 3.17. The molecule has 0 saturated heterocycles. The van der Waals surface area contributed by atoms with Crippen molar-refractivity contribution in [2.75, 3.05) is 0 Å². The van der Waals surface area contributed by atoms with Crippen molar-refractivity contribution in [1.82, 2.24) is 0 Å². The standard InChI is InChI=1S/C16H14O8/c17-9-6-12(19)10(2-4-15(21)22)14(7-9)24-16(23)8-1-3-11(18)13(20)5-8/h1,3,5-7,17-20H,2,4H2,(H,21,22). The molecule has 2 aromatic carbocycles. The van der Waals surface area contributed by atoms with Crippen molar-refractivity contribution in [3.8, 4) is 28.7 Å². The number of carbonyl (C=O) groups excluding carboxylic acids is 1. The molecule has 126 valence electrons. The molecule has 0 unspecified atom stereocenters. The summed E-state index contributed by atoms with van der Waals surface area (Å²) in [7, 11) is 0. The largest absolute Gasteiger partial charge is 0.508 e. The molecule has 0 bridgehead atoms. The molecule has 0 aromatic heterocycles. The number of phenols is 4. The lowest BCUT2D eigenvalue weighted by Gasteiger charge is -2.12. The lowest BCUT2D eigenvalue weighted by Crippen LogP contribution is -2.10. The summed E-state index contributed by atoms with van der Waals surface area (Å²) in [6.07, 6.45) is -0.437. The van der Waals surface area contributed by atoms with Crippen LogP contribution in [0, 0.1) is 0 Å². The summed E-state index contributed by atoms with van der Waals surface area (Å²) < 4.78 is 5.08. The van der Waals surface area contributed by atoms with Gasteiger partial charge in [0.2, 0.25) is 0 Å². The van der Waals surface area contributed by atoms with Crippen LogP contribution in [-0.2, 0) is 11.2 Å². The lowest BCUT2D eigenvalue weighted by molar-refractivity contribution is -0.136. The Bertz CT molecular complexity index is 797. The first kappa shape index (κ1) is 16.9. The fourth-order valence-corrected chi connectivity index (χ4v) is 2.00. The van der Waals surface area contributed by atoms with Gasteiger partial charge in [0.05, 0.1) is 5.56 Å². The molecule has 0 aliphatic rings. The first-order valence-corrected chi connectivity index (χ1v) is 6.78. The molecule has 0 aliphatic heterocycles. The number of aliphatic carboxylic acids is 1. The van der Waals surface area contributed by atoms with Crippen molar-refractivity contribution < 1.29 is 39.9 Å². The van der Waals surface area contributed by atoms with Crippen molar-refractivity contribution in [2.24, 2.45) is 0 Å². The minimum absolute atomic E-state index is 0.0477. The molecule has 2 rings (SSSR count). The minimum Gasteiger partial charge on any atom is -0.508 e. The molecule has 8 heteroatoms. The van der Waals surface area contributed by atoms with Crippen molar-refractivity contribution in [3.63, 3.8) is 0 Å². The van der Waals surface area contributed by atoms with E-state index in [0.717, 1.165) is 24.3 Å². The highest BCUT2D eigenvalue weighted by Gasteiger charge is 2.18. The SMILES string of the molecule is O=C(O)CCc1c(O)cc(O)cc1OC(=O)c1ccc(O)c(O)c1. The highest BCUT2D eigenvalue weighted by atomic mass is 16.5. The second-order valence-electron chi connectivity index (χ2n) is 4.93. The monoisotopic (exact) mass is 334 g/mol. The number of hydrogen-bond acceptors (Lipinski definition) is 7. The van der Waals surface area contributed by atoms with Gasteiger partial charge in [0.1, 0.15) is 17.2 Å². The zero-order valence-corrected chi connectivity index (χ0v) is 12.3. The Balaban J connectivity index is 2.31. The number of carbonyl (C=O) groups is 2. The maximum Gasteiger partial charge on any atom is 0.343 e. The van der Waals surface area contributed by atoms with Crippen molar-refractivity contribution in [2.45, 2.75) is 12.8 Å². The zero-order valence-electron chi connectivity index (χ0n) is 12.3. The molecule has 0 amide bonds. The Kier molecular flexibility index (Phi) is 4.78. The van der Waals surface area contributed by atoms with Crippen LogP contribution in [0.4, 0.5) is 0 Å². The molecule has 0 fully saturated rings. The number of phenolic OH excluding ortho intramolecular Hbond substituents is 4. The predicted molar refractivity (Wildman–Crippen MR) is 80.5 cm³/mol. The van der Waals surface area contributed by atoms with E-state index in [1.807, 2.05) is 0 Å². The first-order chi connectivity index (χ1) is 11.3. The van der Waals surface area contributed by atoms with Crippen LogP contribution in [0.5, 0.6) is 28.7 Å². The molecule has 0 heterocycles. The number of hydrogen-bond donors (Lipinski definition) is 5. The number of aromatic hydroxyl groups is 4. The maximum absolute atomic E-state index is 12.1. The molecule has 0 spiro atoms. The number of carboxylic acid groups (broad SMARTS) is 1. The Morgan fingerprint density at radius 3 is 2.25 bits per heavy atom. The highest BCUT2D eigenvalue weighted by molar-refractivity contribution is 5.92. The number of benzene rings is 2. The normalized spacial score (nSPS) is 10.3. The highest BCUT2D eigenvalue weighted by Crippen LogP contribution is 2.34. The fraction of sp³-hybridized carbons (Fsp3) is 0.125. The van der Waals surface area contributed by atoms with Gasteiger partial charge in [0.15, 0.2) is 11.5 Å². The van der Waals surface area contributed by atoms with Gasteiger partial charge in [-0.1, -0.05) is 0 Å². The van der Waals surface area contributed by atoms with Crippen molar-refractivity contribution in [3.05, 3.63) is 41.5 Å². The number of rotatable bonds is 5. The lowest BCUT2D eigenvalue weighted by atomic mass is 10.1. The van der Waals surface area contributed by atoms with Crippen molar-refractivity contribution in [1.29, 1.82) is 0 Å². The summed E-state index contributed by atoms with van der Waals surface area (Å²) in [6.45, 7) is 0. The van der Waals surface area contributed by atoms with Crippen LogP contribution in [0.1, 0.15) is 22.3 Å². The smallest absolute Gasteiger partial charge is 0.343 e. The molecule has 24 heavy (non-hydrogen) atoms. The molecule has 0 saturated carbocycles. The Morgan fingerprint density at radius 1 is 0.917 bits per heavy atom. The summed E-state index contributed by atoms with van der Waals surface area (Å²) in [5.41, 5.74) is -0.0381. The van der Waals surface area contributed by atoms with Crippen LogP contribution in [0.2, 0.25) is 0 Å². The summed E-state index contributed by atoms with van der Waals surface area (Å²) in [4.78, 5) is 22.8. The molecule has 0 aliphatic carbocycles. The average molecular weight is 334 g/mol. The van der Waals surface area contributed by atoms with Crippen LogP contribution in [0.25, 0.3) is 0 Å². The van der Waals surface area contributed by atoms with E-state index in [0.29, 0.717) is 0 Å². The maximum atomic E-state index is 12.1. The molecule has 5 N–H and O–H groups in total. The van der Waals surface area contributed by atoms with Crippen LogP contribution in [0.15, 0.2) is 30.3 Å². The van der Waals surface area contributed by atoms with E-state index in [1.165, 1.54) is 6.07 Å².